The Kier molecular flexibility index (Phi) is 7.09. The molecule has 0 unspecified atom stereocenters. The van der Waals surface area contributed by atoms with Crippen LogP contribution in [0.3, 0.4) is 0 Å². The molecule has 5 heteroatoms. The molecule has 0 saturated heterocycles. The lowest BCUT2D eigenvalue weighted by atomic mass is 10.2. The van der Waals surface area contributed by atoms with Crippen LogP contribution in [0, 0.1) is 0 Å². The van der Waals surface area contributed by atoms with Crippen molar-refractivity contribution in [2.45, 2.75) is 65.3 Å². The number of hydrogen-bond donors (Lipinski definition) is 2. The van der Waals surface area contributed by atoms with Crippen LogP contribution in [0.1, 0.15) is 39.1 Å². The van der Waals surface area contributed by atoms with E-state index in [1.807, 2.05) is 32.0 Å². The highest BCUT2D eigenvalue weighted by Crippen LogP contribution is 2.08. The number of ether oxygens (including phenoxy) is 2. The summed E-state index contributed by atoms with van der Waals surface area (Å²) in [6.45, 7) is 7.74. The van der Waals surface area contributed by atoms with Gasteiger partial charge in [0.1, 0.15) is 0 Å². The smallest absolute Gasteiger partial charge is 0.0892 e. The van der Waals surface area contributed by atoms with Gasteiger partial charge in [0.15, 0.2) is 0 Å². The van der Waals surface area contributed by atoms with E-state index in [-0.39, 0.29) is 12.2 Å². The quantitative estimate of drug-likeness (QED) is 0.759. The maximum Gasteiger partial charge on any atom is 0.0892 e. The Morgan fingerprint density at radius 3 is 1.65 bits per heavy atom. The van der Waals surface area contributed by atoms with E-state index in [2.05, 4.69) is 4.98 Å². The Morgan fingerprint density at radius 1 is 0.900 bits per heavy atom. The number of aliphatic hydroxyl groups is 2. The van der Waals surface area contributed by atoms with Crippen molar-refractivity contribution < 1.29 is 19.7 Å². The van der Waals surface area contributed by atoms with Crippen LogP contribution in [0.25, 0.3) is 0 Å². The Bertz CT molecular complexity index is 362. The molecule has 114 valence electrons. The molecule has 20 heavy (non-hydrogen) atoms. The molecular formula is C15H25NO4. The largest absolute Gasteiger partial charge is 0.391 e. The average molecular weight is 283 g/mol. The zero-order chi connectivity index (χ0) is 15.1. The molecule has 0 radical (unpaired) electrons. The summed E-state index contributed by atoms with van der Waals surface area (Å²) >= 11 is 0. The minimum absolute atomic E-state index is 0.230. The Hall–Kier alpha value is -1.01. The Labute approximate surface area is 120 Å². The van der Waals surface area contributed by atoms with Crippen LogP contribution in [0.2, 0.25) is 0 Å². The third kappa shape index (κ3) is 5.96. The van der Waals surface area contributed by atoms with Crippen molar-refractivity contribution in [1.29, 1.82) is 0 Å². The Morgan fingerprint density at radius 2 is 1.30 bits per heavy atom. The van der Waals surface area contributed by atoms with Gasteiger partial charge in [0, 0.05) is 0 Å². The van der Waals surface area contributed by atoms with E-state index in [0.717, 1.165) is 11.4 Å². The van der Waals surface area contributed by atoms with E-state index in [1.165, 1.54) is 0 Å². The highest BCUT2D eigenvalue weighted by molar-refractivity contribution is 5.10. The topological polar surface area (TPSA) is 71.8 Å². The van der Waals surface area contributed by atoms with Crippen molar-refractivity contribution in [2.75, 3.05) is 0 Å². The SMILES string of the molecule is C[C@@H](O)[C@@H](C)OCc1cccc(CO[C@H](C)[C@@H](C)O)n1. The summed E-state index contributed by atoms with van der Waals surface area (Å²) in [5.74, 6) is 0. The van der Waals surface area contributed by atoms with Gasteiger partial charge in [-0.1, -0.05) is 6.07 Å². The van der Waals surface area contributed by atoms with Crippen LogP contribution in [0.5, 0.6) is 0 Å². The molecule has 5 nitrogen and oxygen atoms in total. The highest BCUT2D eigenvalue weighted by Gasteiger charge is 2.11. The van der Waals surface area contributed by atoms with Gasteiger partial charge in [-0.05, 0) is 39.8 Å². The Balaban J connectivity index is 2.49. The summed E-state index contributed by atoms with van der Waals surface area (Å²) in [6.07, 6.45) is -1.47. The van der Waals surface area contributed by atoms with Gasteiger partial charge in [-0.25, -0.2) is 0 Å². The molecule has 1 aromatic rings. The summed E-state index contributed by atoms with van der Waals surface area (Å²) in [7, 11) is 0. The van der Waals surface area contributed by atoms with E-state index < -0.39 is 12.2 Å². The minimum Gasteiger partial charge on any atom is -0.391 e. The lowest BCUT2D eigenvalue weighted by molar-refractivity contribution is -0.0308. The molecule has 1 heterocycles. The number of hydrogen-bond acceptors (Lipinski definition) is 5. The predicted octanol–water partition coefficient (Wildman–Crippen LogP) is 1.65. The van der Waals surface area contributed by atoms with Crippen LogP contribution in [-0.4, -0.2) is 39.6 Å². The molecule has 0 amide bonds. The first-order chi connectivity index (χ1) is 9.40. The van der Waals surface area contributed by atoms with Crippen molar-refractivity contribution in [1.82, 2.24) is 4.98 Å². The maximum absolute atomic E-state index is 9.36. The van der Waals surface area contributed by atoms with Crippen LogP contribution < -0.4 is 0 Å². The van der Waals surface area contributed by atoms with Gasteiger partial charge in [-0.3, -0.25) is 4.98 Å². The molecule has 2 N–H and O–H groups in total. The fraction of sp³-hybridized carbons (Fsp3) is 0.667. The molecule has 0 aliphatic heterocycles. The highest BCUT2D eigenvalue weighted by atomic mass is 16.5. The second-order valence-electron chi connectivity index (χ2n) is 5.13. The first-order valence-electron chi connectivity index (χ1n) is 6.94. The van der Waals surface area contributed by atoms with Crippen molar-refractivity contribution in [3.05, 3.63) is 29.6 Å². The lowest BCUT2D eigenvalue weighted by Crippen LogP contribution is -2.23. The molecular weight excluding hydrogens is 258 g/mol. The van der Waals surface area contributed by atoms with E-state index in [0.29, 0.717) is 13.2 Å². The average Bonchev–Trinajstić information content (AvgIpc) is 2.42. The summed E-state index contributed by atoms with van der Waals surface area (Å²) in [4.78, 5) is 4.42. The first-order valence-corrected chi connectivity index (χ1v) is 6.94. The van der Waals surface area contributed by atoms with Crippen LogP contribution in [0.15, 0.2) is 18.2 Å². The zero-order valence-electron chi connectivity index (χ0n) is 12.6. The van der Waals surface area contributed by atoms with Gasteiger partial charge in [0.25, 0.3) is 0 Å². The molecule has 1 aromatic heterocycles. The number of aromatic nitrogens is 1. The van der Waals surface area contributed by atoms with Crippen LogP contribution in [0.4, 0.5) is 0 Å². The minimum atomic E-state index is -0.506. The molecule has 0 aliphatic rings. The second kappa shape index (κ2) is 8.32. The number of pyridine rings is 1. The number of nitrogens with zero attached hydrogens (tertiary/aromatic N) is 1. The van der Waals surface area contributed by atoms with Crippen molar-refractivity contribution in [3.63, 3.8) is 0 Å². The van der Waals surface area contributed by atoms with Gasteiger partial charge < -0.3 is 19.7 Å². The van der Waals surface area contributed by atoms with Gasteiger partial charge in [0.05, 0.1) is 49.0 Å². The standard InChI is InChI=1S/C15H25NO4/c1-10(17)12(3)19-8-14-6-5-7-15(16-14)9-20-13(4)11(2)18/h5-7,10-13,17-18H,8-9H2,1-4H3/t10-,11-,12-,13-/m1/s1. The maximum atomic E-state index is 9.36. The number of aliphatic hydroxyl groups excluding tert-OH is 2. The van der Waals surface area contributed by atoms with Crippen molar-refractivity contribution >= 4 is 0 Å². The molecule has 4 atom stereocenters. The normalized spacial score (nSPS) is 17.5. The number of rotatable bonds is 8. The third-order valence-electron chi connectivity index (χ3n) is 3.21. The fourth-order valence-electron chi connectivity index (χ4n) is 1.40. The predicted molar refractivity (Wildman–Crippen MR) is 76.1 cm³/mol. The molecule has 0 aromatic carbocycles. The van der Waals surface area contributed by atoms with Crippen molar-refractivity contribution in [2.24, 2.45) is 0 Å². The van der Waals surface area contributed by atoms with Crippen LogP contribution >= 0.6 is 0 Å². The van der Waals surface area contributed by atoms with E-state index in [1.54, 1.807) is 13.8 Å². The monoisotopic (exact) mass is 283 g/mol. The van der Waals surface area contributed by atoms with E-state index in [4.69, 9.17) is 9.47 Å². The third-order valence-corrected chi connectivity index (χ3v) is 3.21. The molecule has 1 rings (SSSR count). The summed E-state index contributed by atoms with van der Waals surface area (Å²) in [6, 6.07) is 5.64. The molecule has 0 spiro atoms. The molecule has 0 aliphatic carbocycles. The molecule has 0 bridgehead atoms. The first kappa shape index (κ1) is 17.0. The summed E-state index contributed by atoms with van der Waals surface area (Å²) in [5.41, 5.74) is 1.59. The van der Waals surface area contributed by atoms with Gasteiger partial charge in [-0.15, -0.1) is 0 Å². The fourth-order valence-corrected chi connectivity index (χ4v) is 1.40. The second-order valence-corrected chi connectivity index (χ2v) is 5.13. The van der Waals surface area contributed by atoms with Crippen LogP contribution in [-0.2, 0) is 22.7 Å². The summed E-state index contributed by atoms with van der Waals surface area (Å²) < 4.78 is 11.0. The van der Waals surface area contributed by atoms with Crippen molar-refractivity contribution in [3.8, 4) is 0 Å². The van der Waals surface area contributed by atoms with Gasteiger partial charge in [0.2, 0.25) is 0 Å². The van der Waals surface area contributed by atoms with E-state index in [9.17, 15) is 10.2 Å². The lowest BCUT2D eigenvalue weighted by Gasteiger charge is -2.17. The van der Waals surface area contributed by atoms with Gasteiger partial charge in [-0.2, -0.15) is 0 Å². The summed E-state index contributed by atoms with van der Waals surface area (Å²) in [5, 5.41) is 18.7. The van der Waals surface area contributed by atoms with E-state index >= 15 is 0 Å². The van der Waals surface area contributed by atoms with Gasteiger partial charge >= 0.3 is 0 Å². The zero-order valence-corrected chi connectivity index (χ0v) is 12.6. The molecule has 0 saturated carbocycles. The molecule has 0 fully saturated rings.